The van der Waals surface area contributed by atoms with Crippen LogP contribution in [0.15, 0.2) is 0 Å². The molecule has 2 rings (SSSR count). The summed E-state index contributed by atoms with van der Waals surface area (Å²) in [6, 6.07) is 0. The second-order valence-corrected chi connectivity index (χ2v) is 9.99. The third-order valence-corrected chi connectivity index (χ3v) is 7.08. The van der Waals surface area contributed by atoms with E-state index in [1.54, 1.807) is 0 Å². The minimum atomic E-state index is -0.773. The third kappa shape index (κ3) is 9.98. The van der Waals surface area contributed by atoms with Crippen LogP contribution in [0.5, 0.6) is 0 Å². The first-order valence-corrected chi connectivity index (χ1v) is 13.1. The highest BCUT2D eigenvalue weighted by atomic mass is 16.5. The summed E-state index contributed by atoms with van der Waals surface area (Å²) >= 11 is 0. The number of unbranched alkanes of at least 4 members (excludes halogenated alkanes) is 9. The second-order valence-electron chi connectivity index (χ2n) is 9.99. The highest BCUT2D eigenvalue weighted by molar-refractivity contribution is 5.55. The van der Waals surface area contributed by atoms with E-state index in [-0.39, 0.29) is 18.1 Å². The summed E-state index contributed by atoms with van der Waals surface area (Å²) in [5.41, 5.74) is 0. The molecule has 32 heavy (non-hydrogen) atoms. The van der Waals surface area contributed by atoms with E-state index in [9.17, 15) is 19.8 Å². The lowest BCUT2D eigenvalue weighted by Gasteiger charge is -2.40. The van der Waals surface area contributed by atoms with E-state index in [4.69, 9.17) is 9.47 Å². The predicted octanol–water partition coefficient (Wildman–Crippen LogP) is 4.38. The summed E-state index contributed by atoms with van der Waals surface area (Å²) < 4.78 is 12.0. The number of rotatable bonds is 16. The maximum Gasteiger partial charge on any atom is 0.125 e. The van der Waals surface area contributed by atoms with Crippen LogP contribution in [0.3, 0.4) is 0 Å². The molecule has 2 aliphatic carbocycles. The van der Waals surface area contributed by atoms with Crippen molar-refractivity contribution in [3.8, 4) is 0 Å². The summed E-state index contributed by atoms with van der Waals surface area (Å²) in [4.78, 5) is 22.8. The van der Waals surface area contributed by atoms with Gasteiger partial charge in [-0.05, 0) is 32.1 Å². The van der Waals surface area contributed by atoms with Gasteiger partial charge in [-0.3, -0.25) is 0 Å². The van der Waals surface area contributed by atoms with Gasteiger partial charge >= 0.3 is 0 Å². The molecule has 6 nitrogen and oxygen atoms in total. The molecule has 0 spiro atoms. The molecule has 0 saturated heterocycles. The quantitative estimate of drug-likeness (QED) is 0.266. The highest BCUT2D eigenvalue weighted by Crippen LogP contribution is 2.33. The Kier molecular flexibility index (Phi) is 13.6. The zero-order valence-electron chi connectivity index (χ0n) is 20.0. The predicted molar refractivity (Wildman–Crippen MR) is 124 cm³/mol. The normalized spacial score (nSPS) is 33.2. The van der Waals surface area contributed by atoms with Crippen molar-refractivity contribution in [2.24, 2.45) is 11.8 Å². The number of carbonyl (C=O) groups is 2. The van der Waals surface area contributed by atoms with Gasteiger partial charge in [-0.1, -0.05) is 64.7 Å². The number of aliphatic hydroxyl groups is 2. The average Bonchev–Trinajstić information content (AvgIpc) is 2.78. The van der Waals surface area contributed by atoms with E-state index >= 15 is 0 Å². The Hall–Kier alpha value is -0.820. The fourth-order valence-corrected chi connectivity index (χ4v) is 5.25. The molecule has 2 fully saturated rings. The Morgan fingerprint density at radius 2 is 1.41 bits per heavy atom. The minimum absolute atomic E-state index is 0.127. The van der Waals surface area contributed by atoms with E-state index in [2.05, 4.69) is 6.92 Å². The van der Waals surface area contributed by atoms with Crippen LogP contribution in [-0.4, -0.2) is 59.9 Å². The molecule has 0 aromatic rings. The van der Waals surface area contributed by atoms with Crippen molar-refractivity contribution in [1.29, 1.82) is 0 Å². The molecule has 6 heteroatoms. The van der Waals surface area contributed by atoms with Crippen LogP contribution >= 0.6 is 0 Å². The molecule has 0 bridgehead atoms. The average molecular weight is 455 g/mol. The molecule has 0 aromatic carbocycles. The van der Waals surface area contributed by atoms with Crippen molar-refractivity contribution < 1.29 is 29.3 Å². The molecule has 7 atom stereocenters. The van der Waals surface area contributed by atoms with Gasteiger partial charge in [-0.15, -0.1) is 0 Å². The number of carbonyl (C=O) groups excluding carboxylic acids is 2. The Morgan fingerprint density at radius 1 is 0.750 bits per heavy atom. The smallest absolute Gasteiger partial charge is 0.125 e. The van der Waals surface area contributed by atoms with Crippen molar-refractivity contribution >= 4 is 12.6 Å². The summed E-state index contributed by atoms with van der Waals surface area (Å²) in [5, 5.41) is 20.6. The van der Waals surface area contributed by atoms with Gasteiger partial charge in [0.05, 0.1) is 30.5 Å². The van der Waals surface area contributed by atoms with Gasteiger partial charge in [-0.2, -0.15) is 0 Å². The zero-order chi connectivity index (χ0) is 23.2. The molecule has 0 aliphatic heterocycles. The number of aldehydes is 2. The van der Waals surface area contributed by atoms with Crippen molar-refractivity contribution in [1.82, 2.24) is 0 Å². The molecular weight excluding hydrogens is 408 g/mol. The number of hydrogen-bond acceptors (Lipinski definition) is 6. The van der Waals surface area contributed by atoms with E-state index in [0.29, 0.717) is 38.7 Å². The Labute approximate surface area is 194 Å². The maximum atomic E-state index is 11.7. The first-order chi connectivity index (χ1) is 15.6. The number of ether oxygens (including phenoxy) is 2. The fourth-order valence-electron chi connectivity index (χ4n) is 5.25. The van der Waals surface area contributed by atoms with E-state index in [1.807, 2.05) is 0 Å². The molecule has 0 heterocycles. The van der Waals surface area contributed by atoms with E-state index in [1.165, 1.54) is 51.4 Å². The SMILES string of the molecule is CCCCCCCCCCCCO[C@H]1CC(O)[C@H](O[C@H]2CC(O)CC(C=O)C2)C(C=O)C1. The standard InChI is InChI=1S/C26H46O6/c1-2-3-4-5-6-7-8-9-10-11-12-31-23-15-21(19-28)26(25(30)17-23)32-24-14-20(18-27)13-22(29)16-24/h18-26,29-30H,2-17H2,1H3/t20?,21?,22?,23-,24-,25?,26-/m1/s1. The van der Waals surface area contributed by atoms with Gasteiger partial charge in [0.1, 0.15) is 12.6 Å². The molecule has 2 aliphatic rings. The summed E-state index contributed by atoms with van der Waals surface area (Å²) in [6.45, 7) is 2.91. The van der Waals surface area contributed by atoms with Gasteiger partial charge in [0, 0.05) is 24.9 Å². The molecule has 186 valence electrons. The zero-order valence-corrected chi connectivity index (χ0v) is 20.0. The monoisotopic (exact) mass is 454 g/mol. The van der Waals surface area contributed by atoms with Crippen LogP contribution in [0.2, 0.25) is 0 Å². The van der Waals surface area contributed by atoms with Crippen molar-refractivity contribution in [2.45, 2.75) is 134 Å². The fraction of sp³-hybridized carbons (Fsp3) is 0.923. The lowest BCUT2D eigenvalue weighted by molar-refractivity contribution is -0.167. The molecule has 0 amide bonds. The number of hydrogen-bond donors (Lipinski definition) is 2. The van der Waals surface area contributed by atoms with Gasteiger partial charge in [0.15, 0.2) is 0 Å². The highest BCUT2D eigenvalue weighted by Gasteiger charge is 2.41. The molecular formula is C26H46O6. The van der Waals surface area contributed by atoms with E-state index < -0.39 is 24.2 Å². The molecule has 0 aromatic heterocycles. The van der Waals surface area contributed by atoms with Crippen LogP contribution in [0, 0.1) is 11.8 Å². The summed E-state index contributed by atoms with van der Waals surface area (Å²) in [5.74, 6) is -0.651. The molecule has 2 saturated carbocycles. The van der Waals surface area contributed by atoms with Crippen molar-refractivity contribution in [3.63, 3.8) is 0 Å². The topological polar surface area (TPSA) is 93.1 Å². The third-order valence-electron chi connectivity index (χ3n) is 7.08. The molecule has 2 N–H and O–H groups in total. The Balaban J connectivity index is 1.61. The van der Waals surface area contributed by atoms with Gasteiger partial charge in [-0.25, -0.2) is 0 Å². The Morgan fingerprint density at radius 3 is 2.03 bits per heavy atom. The van der Waals surface area contributed by atoms with Crippen LogP contribution in [0.4, 0.5) is 0 Å². The summed E-state index contributed by atoms with van der Waals surface area (Å²) in [7, 11) is 0. The first-order valence-electron chi connectivity index (χ1n) is 13.1. The minimum Gasteiger partial charge on any atom is -0.393 e. The van der Waals surface area contributed by atoms with Crippen LogP contribution < -0.4 is 0 Å². The Bertz CT molecular complexity index is 513. The largest absolute Gasteiger partial charge is 0.393 e. The van der Waals surface area contributed by atoms with Crippen LogP contribution in [0.1, 0.15) is 103 Å². The van der Waals surface area contributed by atoms with Gasteiger partial charge in [0.25, 0.3) is 0 Å². The van der Waals surface area contributed by atoms with Crippen LogP contribution in [-0.2, 0) is 19.1 Å². The van der Waals surface area contributed by atoms with Gasteiger partial charge < -0.3 is 29.3 Å². The maximum absolute atomic E-state index is 11.7. The molecule has 4 unspecified atom stereocenters. The summed E-state index contributed by atoms with van der Waals surface area (Å²) in [6.07, 6.45) is 14.6. The number of aliphatic hydroxyl groups excluding tert-OH is 2. The van der Waals surface area contributed by atoms with Crippen LogP contribution in [0.25, 0.3) is 0 Å². The second kappa shape index (κ2) is 15.9. The first kappa shape index (κ1) is 27.4. The van der Waals surface area contributed by atoms with Crippen molar-refractivity contribution in [2.75, 3.05) is 6.61 Å². The lowest BCUT2D eigenvalue weighted by Crippen LogP contribution is -2.48. The van der Waals surface area contributed by atoms with E-state index in [0.717, 1.165) is 25.4 Å². The van der Waals surface area contributed by atoms with Crippen molar-refractivity contribution in [3.05, 3.63) is 0 Å². The van der Waals surface area contributed by atoms with Gasteiger partial charge in [0.2, 0.25) is 0 Å². The lowest BCUT2D eigenvalue weighted by atomic mass is 9.82. The molecule has 0 radical (unpaired) electrons.